The highest BCUT2D eigenvalue weighted by molar-refractivity contribution is 9.10. The molecule has 7 heteroatoms. The Labute approximate surface area is 251 Å². The third kappa shape index (κ3) is 8.07. The number of aliphatic carboxylic acids is 1. The largest absolute Gasteiger partial charge is 0.481 e. The van der Waals surface area contributed by atoms with Crippen LogP contribution < -0.4 is 5.32 Å². The topological polar surface area (TPSA) is 86.7 Å². The predicted octanol–water partition coefficient (Wildman–Crippen LogP) is 6.96. The Balaban J connectivity index is 1.59. The van der Waals surface area contributed by atoms with Gasteiger partial charge >= 0.3 is 5.97 Å². The number of carboxylic acids is 1. The summed E-state index contributed by atoms with van der Waals surface area (Å²) in [6.07, 6.45) is 4.10. The van der Waals surface area contributed by atoms with Gasteiger partial charge in [-0.1, -0.05) is 108 Å². The summed E-state index contributed by atoms with van der Waals surface area (Å²) in [5, 5.41) is 12.7. The number of nitrogens with one attached hydrogen (secondary N) is 1. The third-order valence-electron chi connectivity index (χ3n) is 8.05. The normalized spacial score (nSPS) is 17.5. The third-order valence-corrected chi connectivity index (χ3v) is 8.58. The first-order valence-corrected chi connectivity index (χ1v) is 15.4. The van der Waals surface area contributed by atoms with Crippen molar-refractivity contribution < 1.29 is 19.5 Å². The zero-order valence-electron chi connectivity index (χ0n) is 23.5. The van der Waals surface area contributed by atoms with Gasteiger partial charge in [0, 0.05) is 23.5 Å². The van der Waals surface area contributed by atoms with Crippen molar-refractivity contribution in [1.29, 1.82) is 0 Å². The molecular weight excluding hydrogens is 580 g/mol. The van der Waals surface area contributed by atoms with Gasteiger partial charge in [-0.25, -0.2) is 0 Å². The fourth-order valence-electron chi connectivity index (χ4n) is 5.90. The molecule has 0 bridgehead atoms. The van der Waals surface area contributed by atoms with Gasteiger partial charge in [-0.3, -0.25) is 14.4 Å². The Morgan fingerprint density at radius 3 is 1.93 bits per heavy atom. The van der Waals surface area contributed by atoms with Crippen LogP contribution in [0.1, 0.15) is 74.1 Å². The lowest BCUT2D eigenvalue weighted by Crippen LogP contribution is -2.47. The van der Waals surface area contributed by atoms with Crippen LogP contribution in [-0.2, 0) is 14.4 Å². The first-order valence-electron chi connectivity index (χ1n) is 14.6. The Hall–Kier alpha value is -3.45. The number of nitrogens with zero attached hydrogens (tertiary/aromatic N) is 1. The number of hydrogen-bond acceptors (Lipinski definition) is 3. The zero-order valence-corrected chi connectivity index (χ0v) is 25.1. The van der Waals surface area contributed by atoms with Gasteiger partial charge in [0.1, 0.15) is 6.04 Å². The molecule has 41 heavy (non-hydrogen) atoms. The van der Waals surface area contributed by atoms with Gasteiger partial charge < -0.3 is 15.3 Å². The lowest BCUT2D eigenvalue weighted by molar-refractivity contribution is -0.149. The van der Waals surface area contributed by atoms with Gasteiger partial charge in [0.05, 0.1) is 11.8 Å². The molecule has 1 aliphatic carbocycles. The molecule has 0 aromatic heterocycles. The van der Waals surface area contributed by atoms with Crippen LogP contribution in [-0.4, -0.2) is 40.9 Å². The smallest absolute Gasteiger partial charge is 0.307 e. The van der Waals surface area contributed by atoms with Crippen molar-refractivity contribution in [3.8, 4) is 0 Å². The predicted molar refractivity (Wildman–Crippen MR) is 164 cm³/mol. The van der Waals surface area contributed by atoms with Crippen molar-refractivity contribution in [2.45, 2.75) is 57.4 Å². The van der Waals surface area contributed by atoms with Crippen LogP contribution in [0, 0.1) is 11.8 Å². The molecule has 6 nitrogen and oxygen atoms in total. The van der Waals surface area contributed by atoms with Crippen molar-refractivity contribution in [2.75, 3.05) is 13.1 Å². The average Bonchev–Trinajstić information content (AvgIpc) is 3.00. The van der Waals surface area contributed by atoms with E-state index in [-0.39, 0.29) is 17.7 Å². The molecule has 0 aliphatic heterocycles. The maximum Gasteiger partial charge on any atom is 0.307 e. The van der Waals surface area contributed by atoms with E-state index in [9.17, 15) is 19.5 Å². The van der Waals surface area contributed by atoms with Gasteiger partial charge in [-0.15, -0.1) is 0 Å². The molecule has 3 unspecified atom stereocenters. The highest BCUT2D eigenvalue weighted by Crippen LogP contribution is 2.32. The maximum atomic E-state index is 14.2. The first kappa shape index (κ1) is 30.5. The molecule has 1 aliphatic rings. The summed E-state index contributed by atoms with van der Waals surface area (Å²) in [6, 6.07) is 27.1. The highest BCUT2D eigenvalue weighted by atomic mass is 79.9. The Bertz CT molecular complexity index is 1240. The SMILES string of the molecule is CCCN(CCC(c1ccccc1)c1ccccc1)C(=O)C(NC(=O)C1CCCCC1C(=O)O)c1ccc(Br)cc1. The molecule has 2 N–H and O–H groups in total. The summed E-state index contributed by atoms with van der Waals surface area (Å²) in [4.78, 5) is 41.5. The summed E-state index contributed by atoms with van der Waals surface area (Å²) < 4.78 is 0.871. The summed E-state index contributed by atoms with van der Waals surface area (Å²) in [5.74, 6) is -2.74. The molecule has 4 rings (SSSR count). The standard InChI is InChI=1S/C34H39BrN2O4/c1-2-22-37(23-21-28(24-11-5-3-6-12-24)25-13-7-4-8-14-25)33(39)31(26-17-19-27(35)20-18-26)36-32(38)29-15-9-10-16-30(29)34(40)41/h3-8,11-14,17-20,28-31H,2,9-10,15-16,21-23H2,1H3,(H,36,38)(H,40,41). The van der Waals surface area contributed by atoms with Gasteiger partial charge in [-0.2, -0.15) is 0 Å². The summed E-state index contributed by atoms with van der Waals surface area (Å²) in [5.41, 5.74) is 3.06. The van der Waals surface area contributed by atoms with E-state index in [1.54, 1.807) is 0 Å². The minimum atomic E-state index is -0.947. The Kier molecular flexibility index (Phi) is 11.1. The molecule has 1 fully saturated rings. The van der Waals surface area contributed by atoms with E-state index in [0.717, 1.165) is 30.2 Å². The van der Waals surface area contributed by atoms with Gasteiger partial charge in [0.2, 0.25) is 11.8 Å². The van der Waals surface area contributed by atoms with Crippen LogP contribution in [0.3, 0.4) is 0 Å². The highest BCUT2D eigenvalue weighted by Gasteiger charge is 2.38. The zero-order chi connectivity index (χ0) is 29.2. The number of carbonyl (C=O) groups is 3. The molecular formula is C34H39BrN2O4. The van der Waals surface area contributed by atoms with E-state index in [0.29, 0.717) is 31.5 Å². The number of carboxylic acid groups (broad SMARTS) is 1. The minimum absolute atomic E-state index is 0.115. The first-order chi connectivity index (χ1) is 19.9. The number of amides is 2. The molecule has 0 saturated heterocycles. The van der Waals surface area contributed by atoms with Crippen molar-refractivity contribution in [1.82, 2.24) is 10.2 Å². The molecule has 3 aromatic rings. The molecule has 216 valence electrons. The Morgan fingerprint density at radius 1 is 0.829 bits per heavy atom. The Morgan fingerprint density at radius 2 is 1.39 bits per heavy atom. The lowest BCUT2D eigenvalue weighted by atomic mass is 9.78. The molecule has 0 radical (unpaired) electrons. The number of halogens is 1. The van der Waals surface area contributed by atoms with Gasteiger partial charge in [-0.05, 0) is 54.5 Å². The average molecular weight is 620 g/mol. The van der Waals surface area contributed by atoms with E-state index in [1.807, 2.05) is 72.5 Å². The minimum Gasteiger partial charge on any atom is -0.481 e. The maximum absolute atomic E-state index is 14.2. The van der Waals surface area contributed by atoms with Crippen molar-refractivity contribution in [3.05, 3.63) is 106 Å². The van der Waals surface area contributed by atoms with Crippen LogP contribution in [0.4, 0.5) is 0 Å². The molecule has 0 spiro atoms. The fourth-order valence-corrected chi connectivity index (χ4v) is 6.16. The van der Waals surface area contributed by atoms with Crippen LogP contribution in [0.15, 0.2) is 89.4 Å². The molecule has 3 aromatic carbocycles. The summed E-state index contributed by atoms with van der Waals surface area (Å²) in [7, 11) is 0. The van der Waals surface area contributed by atoms with Crippen LogP contribution >= 0.6 is 15.9 Å². The van der Waals surface area contributed by atoms with Crippen LogP contribution in [0.25, 0.3) is 0 Å². The lowest BCUT2D eigenvalue weighted by Gasteiger charge is -2.32. The number of rotatable bonds is 12. The van der Waals surface area contributed by atoms with Gasteiger partial charge in [0.25, 0.3) is 0 Å². The van der Waals surface area contributed by atoms with Gasteiger partial charge in [0.15, 0.2) is 0 Å². The van der Waals surface area contributed by atoms with E-state index >= 15 is 0 Å². The summed E-state index contributed by atoms with van der Waals surface area (Å²) >= 11 is 3.46. The number of hydrogen-bond donors (Lipinski definition) is 2. The quantitative estimate of drug-likeness (QED) is 0.230. The summed E-state index contributed by atoms with van der Waals surface area (Å²) in [6.45, 7) is 3.11. The molecule has 2 amide bonds. The van der Waals surface area contributed by atoms with E-state index in [4.69, 9.17) is 0 Å². The number of benzene rings is 3. The second-order valence-corrected chi connectivity index (χ2v) is 11.7. The second-order valence-electron chi connectivity index (χ2n) is 10.8. The fraction of sp³-hybridized carbons (Fsp3) is 0.382. The second kappa shape index (κ2) is 15.0. The van der Waals surface area contributed by atoms with Crippen molar-refractivity contribution >= 4 is 33.7 Å². The van der Waals surface area contributed by atoms with Crippen molar-refractivity contribution in [3.63, 3.8) is 0 Å². The van der Waals surface area contributed by atoms with Crippen LogP contribution in [0.2, 0.25) is 0 Å². The monoisotopic (exact) mass is 618 g/mol. The molecule has 3 atom stereocenters. The van der Waals surface area contributed by atoms with E-state index in [2.05, 4.69) is 45.5 Å². The van der Waals surface area contributed by atoms with Crippen molar-refractivity contribution in [2.24, 2.45) is 11.8 Å². The van der Waals surface area contributed by atoms with Crippen LogP contribution in [0.5, 0.6) is 0 Å². The molecule has 0 heterocycles. The van der Waals surface area contributed by atoms with E-state index < -0.39 is 23.8 Å². The van der Waals surface area contributed by atoms with E-state index in [1.165, 1.54) is 11.1 Å². The molecule has 1 saturated carbocycles. The number of carbonyl (C=O) groups excluding carboxylic acids is 2.